The second kappa shape index (κ2) is 9.08. The third-order valence-corrected chi connectivity index (χ3v) is 6.13. The first-order valence-corrected chi connectivity index (χ1v) is 10.1. The normalized spacial score (nSPS) is 12.6. The summed E-state index contributed by atoms with van der Waals surface area (Å²) < 4.78 is 37.6. The van der Waals surface area contributed by atoms with Crippen molar-refractivity contribution in [3.05, 3.63) is 69.5 Å². The van der Waals surface area contributed by atoms with Gasteiger partial charge in [0.1, 0.15) is 5.82 Å². The summed E-state index contributed by atoms with van der Waals surface area (Å²) in [5.74, 6) is -1.33. The minimum absolute atomic E-state index is 0.0471. The van der Waals surface area contributed by atoms with Crippen LogP contribution < -0.4 is 5.32 Å². The van der Waals surface area contributed by atoms with Gasteiger partial charge >= 0.3 is 7.60 Å². The smallest absolute Gasteiger partial charge is 0.357 e. The van der Waals surface area contributed by atoms with Crippen molar-refractivity contribution in [3.8, 4) is 0 Å². The number of aryl methyl sites for hydroxylation is 1. The molecule has 1 atom stereocenters. The SMILES string of the molecule is CCOP(=O)(OCC)C(Nc1ccc([N+](=O)[O-])cc1C)c1ccc(F)cc1. The lowest BCUT2D eigenvalue weighted by Gasteiger charge is -2.28. The van der Waals surface area contributed by atoms with Crippen molar-refractivity contribution < 1.29 is 22.9 Å². The highest BCUT2D eigenvalue weighted by Gasteiger charge is 2.37. The molecule has 0 aromatic heterocycles. The summed E-state index contributed by atoms with van der Waals surface area (Å²) in [6.45, 7) is 5.42. The van der Waals surface area contributed by atoms with Crippen molar-refractivity contribution in [1.82, 2.24) is 0 Å². The molecule has 0 aliphatic heterocycles. The largest absolute Gasteiger partial charge is 0.368 e. The summed E-state index contributed by atoms with van der Waals surface area (Å²) in [6, 6.07) is 9.81. The zero-order valence-electron chi connectivity index (χ0n) is 15.3. The predicted octanol–water partition coefficient (Wildman–Crippen LogP) is 5.42. The van der Waals surface area contributed by atoms with Crippen LogP contribution in [0.4, 0.5) is 15.8 Å². The monoisotopic (exact) mass is 396 g/mol. The number of benzene rings is 2. The first-order chi connectivity index (χ1) is 12.8. The molecule has 0 heterocycles. The van der Waals surface area contributed by atoms with Crippen LogP contribution in [0.2, 0.25) is 0 Å². The van der Waals surface area contributed by atoms with E-state index >= 15 is 0 Å². The lowest BCUT2D eigenvalue weighted by molar-refractivity contribution is -0.384. The van der Waals surface area contributed by atoms with Crippen molar-refractivity contribution in [2.75, 3.05) is 18.5 Å². The number of nitrogens with zero attached hydrogens (tertiary/aromatic N) is 1. The highest BCUT2D eigenvalue weighted by molar-refractivity contribution is 7.54. The van der Waals surface area contributed by atoms with E-state index in [9.17, 15) is 19.1 Å². The Balaban J connectivity index is 2.48. The van der Waals surface area contributed by atoms with Crippen molar-refractivity contribution in [2.24, 2.45) is 0 Å². The number of halogens is 1. The van der Waals surface area contributed by atoms with E-state index in [2.05, 4.69) is 5.32 Å². The molecule has 0 saturated carbocycles. The maximum atomic E-state index is 13.4. The molecule has 1 N–H and O–H groups in total. The van der Waals surface area contributed by atoms with Crippen LogP contribution in [0.15, 0.2) is 42.5 Å². The first kappa shape index (κ1) is 21.0. The van der Waals surface area contributed by atoms with Crippen LogP contribution in [-0.2, 0) is 13.6 Å². The molecule has 2 rings (SSSR count). The van der Waals surface area contributed by atoms with E-state index in [-0.39, 0.29) is 18.9 Å². The summed E-state index contributed by atoms with van der Waals surface area (Å²) in [5, 5.41) is 14.0. The Bertz CT molecular complexity index is 834. The molecule has 2 aromatic rings. The number of nitro groups is 1. The van der Waals surface area contributed by atoms with Crippen LogP contribution in [0, 0.1) is 22.9 Å². The topological polar surface area (TPSA) is 90.7 Å². The van der Waals surface area contributed by atoms with Gasteiger partial charge in [0.15, 0.2) is 5.78 Å². The minimum Gasteiger partial charge on any atom is -0.368 e. The van der Waals surface area contributed by atoms with Crippen LogP contribution in [0.1, 0.15) is 30.8 Å². The first-order valence-electron chi connectivity index (χ1n) is 8.46. The molecule has 2 aromatic carbocycles. The molecule has 0 radical (unpaired) electrons. The Labute approximate surface area is 157 Å². The lowest BCUT2D eigenvalue weighted by atomic mass is 10.1. The van der Waals surface area contributed by atoms with Crippen LogP contribution in [0.3, 0.4) is 0 Å². The summed E-state index contributed by atoms with van der Waals surface area (Å²) >= 11 is 0. The van der Waals surface area contributed by atoms with Gasteiger partial charge in [0, 0.05) is 17.8 Å². The number of non-ortho nitro benzene ring substituents is 1. The van der Waals surface area contributed by atoms with Crippen LogP contribution >= 0.6 is 7.60 Å². The van der Waals surface area contributed by atoms with E-state index in [1.165, 1.54) is 42.5 Å². The van der Waals surface area contributed by atoms with Crippen molar-refractivity contribution >= 4 is 19.0 Å². The predicted molar refractivity (Wildman–Crippen MR) is 101 cm³/mol. The number of rotatable bonds is 9. The van der Waals surface area contributed by atoms with Gasteiger partial charge in [-0.2, -0.15) is 0 Å². The fourth-order valence-electron chi connectivity index (χ4n) is 2.61. The molecule has 7 nitrogen and oxygen atoms in total. The molecular formula is C18H22FN2O5P. The molecule has 0 bridgehead atoms. The van der Waals surface area contributed by atoms with E-state index in [1.807, 2.05) is 0 Å². The third-order valence-electron chi connectivity index (χ3n) is 3.83. The minimum atomic E-state index is -3.65. The second-order valence-corrected chi connectivity index (χ2v) is 7.84. The quantitative estimate of drug-likeness (QED) is 0.346. The highest BCUT2D eigenvalue weighted by atomic mass is 31.2. The Morgan fingerprint density at radius 1 is 1.15 bits per heavy atom. The summed E-state index contributed by atoms with van der Waals surface area (Å²) in [7, 11) is -3.65. The molecule has 1 unspecified atom stereocenters. The van der Waals surface area contributed by atoms with Gasteiger partial charge in [-0.15, -0.1) is 0 Å². The van der Waals surface area contributed by atoms with Gasteiger partial charge in [0.25, 0.3) is 5.69 Å². The van der Waals surface area contributed by atoms with E-state index < -0.39 is 24.1 Å². The van der Waals surface area contributed by atoms with Gasteiger partial charge in [0.2, 0.25) is 0 Å². The fraction of sp³-hybridized carbons (Fsp3) is 0.333. The average Bonchev–Trinajstić information content (AvgIpc) is 2.62. The average molecular weight is 396 g/mol. The van der Waals surface area contributed by atoms with Crippen LogP contribution in [-0.4, -0.2) is 18.1 Å². The molecule has 0 aliphatic rings. The van der Waals surface area contributed by atoms with Gasteiger partial charge in [-0.25, -0.2) is 4.39 Å². The number of nitro benzene ring substituents is 1. The van der Waals surface area contributed by atoms with Crippen LogP contribution in [0.5, 0.6) is 0 Å². The number of anilines is 1. The summed E-state index contributed by atoms with van der Waals surface area (Å²) in [6.07, 6.45) is 0. The lowest BCUT2D eigenvalue weighted by Crippen LogP contribution is -2.16. The Hall–Kier alpha value is -2.28. The molecular weight excluding hydrogens is 374 g/mol. The molecule has 27 heavy (non-hydrogen) atoms. The maximum absolute atomic E-state index is 13.4. The number of hydrogen-bond acceptors (Lipinski definition) is 6. The maximum Gasteiger partial charge on any atom is 0.357 e. The number of hydrogen-bond donors (Lipinski definition) is 1. The summed E-state index contributed by atoms with van der Waals surface area (Å²) in [5.41, 5.74) is 1.60. The van der Waals surface area contributed by atoms with Crippen molar-refractivity contribution in [1.29, 1.82) is 0 Å². The van der Waals surface area contributed by atoms with E-state index in [0.29, 0.717) is 16.8 Å². The van der Waals surface area contributed by atoms with Gasteiger partial charge in [-0.3, -0.25) is 14.7 Å². The number of nitrogens with one attached hydrogen (secondary N) is 1. The standard InChI is InChI=1S/C18H22FN2O5P/c1-4-25-27(24,26-5-2)18(14-6-8-15(19)9-7-14)20-17-11-10-16(21(22)23)12-13(17)3/h6-12,18,20H,4-5H2,1-3H3. The Morgan fingerprint density at radius 3 is 2.22 bits per heavy atom. The molecule has 0 aliphatic carbocycles. The highest BCUT2D eigenvalue weighted by Crippen LogP contribution is 2.60. The van der Waals surface area contributed by atoms with Gasteiger partial charge in [-0.1, -0.05) is 12.1 Å². The van der Waals surface area contributed by atoms with Crippen molar-refractivity contribution in [2.45, 2.75) is 26.6 Å². The van der Waals surface area contributed by atoms with Crippen LogP contribution in [0.25, 0.3) is 0 Å². The van der Waals surface area contributed by atoms with E-state index in [4.69, 9.17) is 9.05 Å². The summed E-state index contributed by atoms with van der Waals surface area (Å²) in [4.78, 5) is 10.4. The second-order valence-electron chi connectivity index (χ2n) is 5.73. The molecule has 0 fully saturated rings. The third kappa shape index (κ3) is 5.13. The Kier molecular flexibility index (Phi) is 7.07. The van der Waals surface area contributed by atoms with Gasteiger partial charge in [-0.05, 0) is 50.1 Å². The van der Waals surface area contributed by atoms with Gasteiger partial charge in [0.05, 0.1) is 18.1 Å². The molecule has 0 spiro atoms. The zero-order chi connectivity index (χ0) is 20.0. The fourth-order valence-corrected chi connectivity index (χ4v) is 4.53. The van der Waals surface area contributed by atoms with E-state index in [0.717, 1.165) is 0 Å². The van der Waals surface area contributed by atoms with E-state index in [1.54, 1.807) is 20.8 Å². The molecule has 0 amide bonds. The Morgan fingerprint density at radius 2 is 1.74 bits per heavy atom. The molecule has 0 saturated heterocycles. The zero-order valence-corrected chi connectivity index (χ0v) is 16.2. The van der Waals surface area contributed by atoms with Crippen molar-refractivity contribution in [3.63, 3.8) is 0 Å². The molecule has 9 heteroatoms. The van der Waals surface area contributed by atoms with Gasteiger partial charge < -0.3 is 14.4 Å². The molecule has 146 valence electrons.